The van der Waals surface area contributed by atoms with Crippen LogP contribution >= 0.6 is 11.6 Å². The van der Waals surface area contributed by atoms with Gasteiger partial charge in [0.05, 0.1) is 12.3 Å². The minimum absolute atomic E-state index is 0.0227. The van der Waals surface area contributed by atoms with E-state index in [2.05, 4.69) is 4.98 Å². The second-order valence-corrected chi connectivity index (χ2v) is 4.98. The second kappa shape index (κ2) is 4.68. The van der Waals surface area contributed by atoms with Crippen LogP contribution in [0, 0.1) is 6.92 Å². The van der Waals surface area contributed by atoms with Gasteiger partial charge in [0.15, 0.2) is 0 Å². The van der Waals surface area contributed by atoms with Gasteiger partial charge in [-0.2, -0.15) is 0 Å². The number of hydrogen-bond acceptors (Lipinski definition) is 2. The Morgan fingerprint density at radius 3 is 2.89 bits per heavy atom. The first-order valence-corrected chi connectivity index (χ1v) is 6.40. The maximum atomic E-state index is 9.15. The molecule has 3 aromatic rings. The summed E-state index contributed by atoms with van der Waals surface area (Å²) < 4.78 is 1.94. The van der Waals surface area contributed by atoms with E-state index in [4.69, 9.17) is 16.7 Å². The van der Waals surface area contributed by atoms with Gasteiger partial charge in [0, 0.05) is 23.0 Å². The molecule has 3 nitrogen and oxygen atoms in total. The Morgan fingerprint density at radius 2 is 2.11 bits per heavy atom. The number of nitrogens with zero attached hydrogens (tertiary/aromatic N) is 2. The molecule has 0 amide bonds. The van der Waals surface area contributed by atoms with Crippen LogP contribution in [0.1, 0.15) is 11.1 Å². The Bertz CT molecular complexity index is 749. The molecule has 0 aliphatic heterocycles. The number of imidazole rings is 1. The highest BCUT2D eigenvalue weighted by Crippen LogP contribution is 2.26. The van der Waals surface area contributed by atoms with Gasteiger partial charge in [0.2, 0.25) is 0 Å². The van der Waals surface area contributed by atoms with Crippen molar-refractivity contribution < 1.29 is 5.11 Å². The Morgan fingerprint density at radius 1 is 1.26 bits per heavy atom. The normalized spacial score (nSPS) is 11.1. The Labute approximate surface area is 116 Å². The van der Waals surface area contributed by atoms with Gasteiger partial charge in [-0.05, 0) is 42.3 Å². The van der Waals surface area contributed by atoms with Crippen LogP contribution in [-0.2, 0) is 6.61 Å². The molecule has 4 heteroatoms. The zero-order valence-electron chi connectivity index (χ0n) is 10.5. The second-order valence-electron chi connectivity index (χ2n) is 4.54. The van der Waals surface area contributed by atoms with Crippen molar-refractivity contribution in [1.29, 1.82) is 0 Å². The van der Waals surface area contributed by atoms with Crippen LogP contribution in [0.5, 0.6) is 0 Å². The zero-order chi connectivity index (χ0) is 13.4. The first-order chi connectivity index (χ1) is 9.17. The minimum atomic E-state index is 0.0227. The molecule has 0 spiro atoms. The van der Waals surface area contributed by atoms with Gasteiger partial charge in [0.1, 0.15) is 5.65 Å². The van der Waals surface area contributed by atoms with Crippen molar-refractivity contribution in [1.82, 2.24) is 9.38 Å². The number of pyridine rings is 1. The molecule has 3 rings (SSSR count). The molecular formula is C15H13ClN2O. The predicted octanol–water partition coefficient (Wildman–Crippen LogP) is 3.46. The number of hydrogen-bond donors (Lipinski definition) is 1. The van der Waals surface area contributed by atoms with Gasteiger partial charge >= 0.3 is 0 Å². The monoisotopic (exact) mass is 272 g/mol. The summed E-state index contributed by atoms with van der Waals surface area (Å²) in [5.41, 5.74) is 4.72. The predicted molar refractivity (Wildman–Crippen MR) is 76.3 cm³/mol. The van der Waals surface area contributed by atoms with Crippen LogP contribution < -0.4 is 0 Å². The van der Waals surface area contributed by atoms with E-state index in [1.54, 1.807) is 0 Å². The molecule has 0 aliphatic carbocycles. The molecule has 0 unspecified atom stereocenters. The van der Waals surface area contributed by atoms with Crippen molar-refractivity contribution in [3.8, 4) is 11.3 Å². The van der Waals surface area contributed by atoms with E-state index in [9.17, 15) is 0 Å². The van der Waals surface area contributed by atoms with E-state index in [0.29, 0.717) is 5.02 Å². The molecule has 1 N–H and O–H groups in total. The SMILES string of the molecule is Cc1ccc(Cl)cc1-c1cn2ccc(CO)cc2n1. The molecule has 2 heterocycles. The van der Waals surface area contributed by atoms with E-state index >= 15 is 0 Å². The van der Waals surface area contributed by atoms with E-state index in [0.717, 1.165) is 28.0 Å². The van der Waals surface area contributed by atoms with Gasteiger partial charge < -0.3 is 9.51 Å². The van der Waals surface area contributed by atoms with E-state index < -0.39 is 0 Å². The number of benzene rings is 1. The van der Waals surface area contributed by atoms with Crippen LogP contribution in [0.4, 0.5) is 0 Å². The fourth-order valence-corrected chi connectivity index (χ4v) is 2.29. The third kappa shape index (κ3) is 2.23. The summed E-state index contributed by atoms with van der Waals surface area (Å²) in [4.78, 5) is 4.59. The van der Waals surface area contributed by atoms with Crippen molar-refractivity contribution in [2.24, 2.45) is 0 Å². The van der Waals surface area contributed by atoms with Gasteiger partial charge in [-0.3, -0.25) is 0 Å². The maximum absolute atomic E-state index is 9.15. The average molecular weight is 273 g/mol. The molecule has 96 valence electrons. The molecule has 0 saturated heterocycles. The van der Waals surface area contributed by atoms with E-state index in [-0.39, 0.29) is 6.61 Å². The summed E-state index contributed by atoms with van der Waals surface area (Å²) in [7, 11) is 0. The molecule has 0 bridgehead atoms. The van der Waals surface area contributed by atoms with Gasteiger partial charge in [-0.25, -0.2) is 4.98 Å². The summed E-state index contributed by atoms with van der Waals surface area (Å²) in [6.07, 6.45) is 3.87. The summed E-state index contributed by atoms with van der Waals surface area (Å²) in [6.45, 7) is 2.06. The highest BCUT2D eigenvalue weighted by molar-refractivity contribution is 6.30. The molecule has 0 saturated carbocycles. The Balaban J connectivity index is 2.17. The number of fused-ring (bicyclic) bond motifs is 1. The molecular weight excluding hydrogens is 260 g/mol. The first-order valence-electron chi connectivity index (χ1n) is 6.02. The molecule has 0 radical (unpaired) electrons. The van der Waals surface area contributed by atoms with Crippen LogP contribution in [0.25, 0.3) is 16.9 Å². The first kappa shape index (κ1) is 12.2. The zero-order valence-corrected chi connectivity index (χ0v) is 11.2. The quantitative estimate of drug-likeness (QED) is 0.776. The number of aryl methyl sites for hydroxylation is 1. The number of rotatable bonds is 2. The molecule has 0 aliphatic rings. The molecule has 1 aromatic carbocycles. The van der Waals surface area contributed by atoms with Crippen LogP contribution in [0.15, 0.2) is 42.7 Å². The van der Waals surface area contributed by atoms with Gasteiger partial charge in [0.25, 0.3) is 0 Å². The highest BCUT2D eigenvalue weighted by Gasteiger charge is 2.08. The van der Waals surface area contributed by atoms with E-state index in [1.807, 2.05) is 54.0 Å². The minimum Gasteiger partial charge on any atom is -0.392 e. The van der Waals surface area contributed by atoms with E-state index in [1.165, 1.54) is 0 Å². The van der Waals surface area contributed by atoms with Crippen molar-refractivity contribution in [3.63, 3.8) is 0 Å². The summed E-state index contributed by atoms with van der Waals surface area (Å²) in [6, 6.07) is 9.54. The average Bonchev–Trinajstić information content (AvgIpc) is 2.83. The topological polar surface area (TPSA) is 37.5 Å². The lowest BCUT2D eigenvalue weighted by Gasteiger charge is -2.02. The standard InChI is InChI=1S/C15H13ClN2O/c1-10-2-3-12(16)7-13(10)14-8-18-5-4-11(9-19)6-15(18)17-14/h2-8,19H,9H2,1H3. The lowest BCUT2D eigenvalue weighted by Crippen LogP contribution is -1.87. The lowest BCUT2D eigenvalue weighted by molar-refractivity contribution is 0.282. The summed E-state index contributed by atoms with van der Waals surface area (Å²) in [5.74, 6) is 0. The summed E-state index contributed by atoms with van der Waals surface area (Å²) in [5, 5.41) is 9.85. The highest BCUT2D eigenvalue weighted by atomic mass is 35.5. The van der Waals surface area contributed by atoms with Crippen molar-refractivity contribution >= 4 is 17.2 Å². The van der Waals surface area contributed by atoms with Crippen molar-refractivity contribution in [2.45, 2.75) is 13.5 Å². The number of aromatic nitrogens is 2. The number of halogens is 1. The largest absolute Gasteiger partial charge is 0.392 e. The van der Waals surface area contributed by atoms with Crippen LogP contribution in [-0.4, -0.2) is 14.5 Å². The third-order valence-electron chi connectivity index (χ3n) is 3.18. The molecule has 19 heavy (non-hydrogen) atoms. The Kier molecular flexibility index (Phi) is 3.01. The van der Waals surface area contributed by atoms with Crippen molar-refractivity contribution in [3.05, 3.63) is 58.9 Å². The molecule has 0 fully saturated rings. The lowest BCUT2D eigenvalue weighted by atomic mass is 10.1. The van der Waals surface area contributed by atoms with Crippen LogP contribution in [0.3, 0.4) is 0 Å². The fraction of sp³-hybridized carbons (Fsp3) is 0.133. The van der Waals surface area contributed by atoms with Gasteiger partial charge in [-0.1, -0.05) is 17.7 Å². The smallest absolute Gasteiger partial charge is 0.137 e. The number of aliphatic hydroxyl groups is 1. The molecule has 0 atom stereocenters. The number of aliphatic hydroxyl groups excluding tert-OH is 1. The van der Waals surface area contributed by atoms with Crippen molar-refractivity contribution in [2.75, 3.05) is 0 Å². The van der Waals surface area contributed by atoms with Gasteiger partial charge in [-0.15, -0.1) is 0 Å². The molecule has 2 aromatic heterocycles. The summed E-state index contributed by atoms with van der Waals surface area (Å²) >= 11 is 6.05. The fourth-order valence-electron chi connectivity index (χ4n) is 2.12. The maximum Gasteiger partial charge on any atom is 0.137 e. The Hall–Kier alpha value is -1.84. The van der Waals surface area contributed by atoms with Crippen LogP contribution in [0.2, 0.25) is 5.02 Å². The third-order valence-corrected chi connectivity index (χ3v) is 3.42.